The molecule has 1 saturated carbocycles. The Hall–Kier alpha value is -1.47. The SMILES string of the molecule is FC(F)(F)c1nc(-c2cccnc2)sc1CNC1CC1. The Morgan fingerprint density at radius 2 is 2.15 bits per heavy atom. The third kappa shape index (κ3) is 2.99. The number of halogens is 3. The average Bonchev–Trinajstić information content (AvgIpc) is 3.14. The first kappa shape index (κ1) is 13.5. The number of pyridine rings is 1. The van der Waals surface area contributed by atoms with Crippen molar-refractivity contribution in [3.8, 4) is 10.6 Å². The fourth-order valence-corrected chi connectivity index (χ4v) is 2.85. The molecular formula is C13H12F3N3S. The molecule has 1 aliphatic carbocycles. The quantitative estimate of drug-likeness (QED) is 0.939. The van der Waals surface area contributed by atoms with Crippen molar-refractivity contribution in [3.05, 3.63) is 35.1 Å². The second kappa shape index (κ2) is 5.14. The zero-order valence-electron chi connectivity index (χ0n) is 10.4. The first-order valence-corrected chi connectivity index (χ1v) is 7.06. The largest absolute Gasteiger partial charge is 0.434 e. The van der Waals surface area contributed by atoms with E-state index in [1.54, 1.807) is 18.3 Å². The van der Waals surface area contributed by atoms with Crippen LogP contribution in [-0.4, -0.2) is 16.0 Å². The van der Waals surface area contributed by atoms with E-state index in [0.717, 1.165) is 24.2 Å². The minimum atomic E-state index is -4.42. The maximum Gasteiger partial charge on any atom is 0.434 e. The Labute approximate surface area is 117 Å². The highest BCUT2D eigenvalue weighted by molar-refractivity contribution is 7.15. The van der Waals surface area contributed by atoms with Crippen LogP contribution >= 0.6 is 11.3 Å². The van der Waals surface area contributed by atoms with Gasteiger partial charge in [-0.05, 0) is 25.0 Å². The molecule has 1 aliphatic rings. The first-order chi connectivity index (χ1) is 9.54. The van der Waals surface area contributed by atoms with Gasteiger partial charge in [-0.25, -0.2) is 4.98 Å². The minimum Gasteiger partial charge on any atom is -0.309 e. The molecule has 0 bridgehead atoms. The van der Waals surface area contributed by atoms with Crippen molar-refractivity contribution < 1.29 is 13.2 Å². The zero-order valence-corrected chi connectivity index (χ0v) is 11.3. The molecule has 2 aromatic heterocycles. The van der Waals surface area contributed by atoms with E-state index in [2.05, 4.69) is 15.3 Å². The van der Waals surface area contributed by atoms with Gasteiger partial charge in [0.25, 0.3) is 0 Å². The van der Waals surface area contributed by atoms with Gasteiger partial charge in [0.15, 0.2) is 5.69 Å². The average molecular weight is 299 g/mol. The normalized spacial score (nSPS) is 15.6. The number of hydrogen-bond acceptors (Lipinski definition) is 4. The number of alkyl halides is 3. The number of thiazole rings is 1. The molecular weight excluding hydrogens is 287 g/mol. The molecule has 2 aromatic rings. The standard InChI is InChI=1S/C13H12F3N3S/c14-13(15,16)11-10(7-18-9-3-4-9)20-12(19-11)8-2-1-5-17-6-8/h1-2,5-6,9,18H,3-4,7H2. The van der Waals surface area contributed by atoms with Gasteiger partial charge in [-0.3, -0.25) is 4.98 Å². The summed E-state index contributed by atoms with van der Waals surface area (Å²) in [5.41, 5.74) is -0.171. The van der Waals surface area contributed by atoms with E-state index in [9.17, 15) is 13.2 Å². The molecule has 0 aliphatic heterocycles. The second-order valence-electron chi connectivity index (χ2n) is 4.69. The van der Waals surface area contributed by atoms with E-state index < -0.39 is 11.9 Å². The van der Waals surface area contributed by atoms with Crippen molar-refractivity contribution in [1.29, 1.82) is 0 Å². The highest BCUT2D eigenvalue weighted by atomic mass is 32.1. The molecule has 106 valence electrons. The van der Waals surface area contributed by atoms with Crippen LogP contribution in [0.3, 0.4) is 0 Å². The van der Waals surface area contributed by atoms with Gasteiger partial charge in [0.2, 0.25) is 0 Å². The van der Waals surface area contributed by atoms with Crippen molar-refractivity contribution in [2.45, 2.75) is 31.6 Å². The van der Waals surface area contributed by atoms with E-state index in [1.165, 1.54) is 6.20 Å². The van der Waals surface area contributed by atoms with E-state index in [-0.39, 0.29) is 11.4 Å². The van der Waals surface area contributed by atoms with Gasteiger partial charge in [0, 0.05) is 30.5 Å². The second-order valence-corrected chi connectivity index (χ2v) is 5.77. The van der Waals surface area contributed by atoms with Gasteiger partial charge in [0.05, 0.1) is 4.88 Å². The van der Waals surface area contributed by atoms with Gasteiger partial charge in [0.1, 0.15) is 5.01 Å². The molecule has 0 unspecified atom stereocenters. The number of aromatic nitrogens is 2. The van der Waals surface area contributed by atoms with Crippen LogP contribution in [0.5, 0.6) is 0 Å². The summed E-state index contributed by atoms with van der Waals surface area (Å²) in [7, 11) is 0. The molecule has 0 aromatic carbocycles. The Morgan fingerprint density at radius 3 is 2.75 bits per heavy atom. The van der Waals surface area contributed by atoms with E-state index in [0.29, 0.717) is 16.6 Å². The molecule has 20 heavy (non-hydrogen) atoms. The number of nitrogens with one attached hydrogen (secondary N) is 1. The summed E-state index contributed by atoms with van der Waals surface area (Å²) in [6, 6.07) is 3.76. The highest BCUT2D eigenvalue weighted by Gasteiger charge is 2.37. The van der Waals surface area contributed by atoms with Gasteiger partial charge < -0.3 is 5.32 Å². The van der Waals surface area contributed by atoms with Crippen molar-refractivity contribution >= 4 is 11.3 Å². The van der Waals surface area contributed by atoms with Gasteiger partial charge >= 0.3 is 6.18 Å². The molecule has 0 spiro atoms. The van der Waals surface area contributed by atoms with Crippen LogP contribution in [0.4, 0.5) is 13.2 Å². The summed E-state index contributed by atoms with van der Waals surface area (Å²) in [6.07, 6.45) is 0.761. The number of hydrogen-bond donors (Lipinski definition) is 1. The van der Waals surface area contributed by atoms with Crippen LogP contribution in [0.2, 0.25) is 0 Å². The topological polar surface area (TPSA) is 37.8 Å². The fraction of sp³-hybridized carbons (Fsp3) is 0.385. The van der Waals surface area contributed by atoms with Crippen LogP contribution in [0.1, 0.15) is 23.4 Å². The molecule has 0 atom stereocenters. The summed E-state index contributed by atoms with van der Waals surface area (Å²) in [5, 5.41) is 3.46. The number of rotatable bonds is 4. The van der Waals surface area contributed by atoms with Crippen LogP contribution in [-0.2, 0) is 12.7 Å². The molecule has 3 rings (SSSR count). The summed E-state index contributed by atoms with van der Waals surface area (Å²) in [4.78, 5) is 7.92. The fourth-order valence-electron chi connectivity index (χ4n) is 1.83. The molecule has 0 saturated heterocycles. The smallest absolute Gasteiger partial charge is 0.309 e. The number of nitrogens with zero attached hydrogens (tertiary/aromatic N) is 2. The van der Waals surface area contributed by atoms with Crippen molar-refractivity contribution in [1.82, 2.24) is 15.3 Å². The Bertz CT molecular complexity index is 591. The Morgan fingerprint density at radius 1 is 1.35 bits per heavy atom. The zero-order chi connectivity index (χ0) is 14.2. The molecule has 0 amide bonds. The third-order valence-corrected chi connectivity index (χ3v) is 4.11. The van der Waals surface area contributed by atoms with Crippen molar-refractivity contribution in [3.63, 3.8) is 0 Å². The molecule has 3 nitrogen and oxygen atoms in total. The monoisotopic (exact) mass is 299 g/mol. The Balaban J connectivity index is 1.92. The Kier molecular flexibility index (Phi) is 3.47. The molecule has 0 radical (unpaired) electrons. The molecule has 1 fully saturated rings. The van der Waals surface area contributed by atoms with Gasteiger partial charge in [-0.1, -0.05) is 0 Å². The predicted octanol–water partition coefficient (Wildman–Crippen LogP) is 3.48. The maximum absolute atomic E-state index is 13.0. The summed E-state index contributed by atoms with van der Waals surface area (Å²) < 4.78 is 39.1. The summed E-state index contributed by atoms with van der Waals surface area (Å²) in [6.45, 7) is 0.220. The maximum atomic E-state index is 13.0. The van der Waals surface area contributed by atoms with E-state index >= 15 is 0 Å². The third-order valence-electron chi connectivity index (χ3n) is 3.00. The van der Waals surface area contributed by atoms with Crippen molar-refractivity contribution in [2.24, 2.45) is 0 Å². The minimum absolute atomic E-state index is 0.220. The van der Waals surface area contributed by atoms with Crippen LogP contribution in [0.25, 0.3) is 10.6 Å². The summed E-state index contributed by atoms with van der Waals surface area (Å²) >= 11 is 1.08. The molecule has 1 N–H and O–H groups in total. The lowest BCUT2D eigenvalue weighted by molar-refractivity contribution is -0.141. The van der Waals surface area contributed by atoms with E-state index in [1.807, 2.05) is 0 Å². The predicted molar refractivity (Wildman–Crippen MR) is 70.2 cm³/mol. The van der Waals surface area contributed by atoms with Crippen LogP contribution in [0.15, 0.2) is 24.5 Å². The lowest BCUT2D eigenvalue weighted by atomic mass is 10.3. The molecule has 2 heterocycles. The summed E-state index contributed by atoms with van der Waals surface area (Å²) in [5.74, 6) is 0. The van der Waals surface area contributed by atoms with Gasteiger partial charge in [-0.2, -0.15) is 13.2 Å². The van der Waals surface area contributed by atoms with Crippen molar-refractivity contribution in [2.75, 3.05) is 0 Å². The first-order valence-electron chi connectivity index (χ1n) is 6.25. The lowest BCUT2D eigenvalue weighted by Gasteiger charge is -2.06. The van der Waals surface area contributed by atoms with Crippen LogP contribution < -0.4 is 5.32 Å². The van der Waals surface area contributed by atoms with Crippen LogP contribution in [0, 0.1) is 0 Å². The van der Waals surface area contributed by atoms with Gasteiger partial charge in [-0.15, -0.1) is 11.3 Å². The highest BCUT2D eigenvalue weighted by Crippen LogP contribution is 2.37. The van der Waals surface area contributed by atoms with E-state index in [4.69, 9.17) is 0 Å². The molecule has 7 heteroatoms. The lowest BCUT2D eigenvalue weighted by Crippen LogP contribution is -2.18.